The third-order valence-electron chi connectivity index (χ3n) is 5.88. The maximum absolute atomic E-state index is 13.3. The Morgan fingerprint density at radius 3 is 2.36 bits per heavy atom. The SMILES string of the molecule is CCn1c(-c2ccccc2)c(C(=O)COC(=O)CCC(=O)N2CCOCC2)c2ccccc21. The van der Waals surface area contributed by atoms with E-state index in [2.05, 4.69) is 4.57 Å². The van der Waals surface area contributed by atoms with E-state index in [9.17, 15) is 14.4 Å². The first-order valence-electron chi connectivity index (χ1n) is 11.3. The summed E-state index contributed by atoms with van der Waals surface area (Å²) in [6, 6.07) is 17.5. The molecule has 1 saturated heterocycles. The summed E-state index contributed by atoms with van der Waals surface area (Å²) < 4.78 is 12.6. The van der Waals surface area contributed by atoms with Crippen LogP contribution >= 0.6 is 0 Å². The number of ketones is 1. The topological polar surface area (TPSA) is 77.8 Å². The summed E-state index contributed by atoms with van der Waals surface area (Å²) in [6.07, 6.45) is 0.0170. The largest absolute Gasteiger partial charge is 0.457 e. The lowest BCUT2D eigenvalue weighted by Crippen LogP contribution is -2.40. The highest BCUT2D eigenvalue weighted by Crippen LogP contribution is 2.34. The number of ether oxygens (including phenoxy) is 2. The first-order chi connectivity index (χ1) is 16.1. The van der Waals surface area contributed by atoms with Gasteiger partial charge in [-0.05, 0) is 18.6 Å². The van der Waals surface area contributed by atoms with E-state index in [0.29, 0.717) is 38.4 Å². The monoisotopic (exact) mass is 448 g/mol. The van der Waals surface area contributed by atoms with Crippen molar-refractivity contribution in [1.29, 1.82) is 0 Å². The number of hydrogen-bond donors (Lipinski definition) is 0. The smallest absolute Gasteiger partial charge is 0.306 e. The van der Waals surface area contributed by atoms with E-state index in [4.69, 9.17) is 9.47 Å². The van der Waals surface area contributed by atoms with Crippen LogP contribution in [0.15, 0.2) is 54.6 Å². The molecule has 0 unspecified atom stereocenters. The normalized spacial score (nSPS) is 13.8. The van der Waals surface area contributed by atoms with Crippen LogP contribution < -0.4 is 0 Å². The van der Waals surface area contributed by atoms with Crippen LogP contribution in [0.5, 0.6) is 0 Å². The molecule has 2 aromatic carbocycles. The minimum atomic E-state index is -0.551. The van der Waals surface area contributed by atoms with Gasteiger partial charge in [0.05, 0.1) is 30.9 Å². The predicted molar refractivity (Wildman–Crippen MR) is 125 cm³/mol. The highest BCUT2D eigenvalue weighted by molar-refractivity contribution is 6.14. The van der Waals surface area contributed by atoms with Crippen molar-refractivity contribution in [2.24, 2.45) is 0 Å². The fourth-order valence-electron chi connectivity index (χ4n) is 4.28. The van der Waals surface area contributed by atoms with Crippen LogP contribution in [-0.2, 0) is 25.6 Å². The molecule has 1 aliphatic rings. The number of benzene rings is 2. The minimum absolute atomic E-state index is 0.0499. The summed E-state index contributed by atoms with van der Waals surface area (Å²) >= 11 is 0. The minimum Gasteiger partial charge on any atom is -0.457 e. The van der Waals surface area contributed by atoms with Gasteiger partial charge in [-0.1, -0.05) is 48.5 Å². The zero-order valence-corrected chi connectivity index (χ0v) is 18.8. The van der Waals surface area contributed by atoms with E-state index in [-0.39, 0.29) is 31.1 Å². The molecule has 1 aliphatic heterocycles. The van der Waals surface area contributed by atoms with Gasteiger partial charge in [-0.25, -0.2) is 0 Å². The molecule has 0 atom stereocenters. The van der Waals surface area contributed by atoms with E-state index in [1.54, 1.807) is 4.90 Å². The van der Waals surface area contributed by atoms with Crippen LogP contribution in [-0.4, -0.2) is 60.0 Å². The number of fused-ring (bicyclic) bond motifs is 1. The van der Waals surface area contributed by atoms with Crippen LogP contribution in [0.1, 0.15) is 30.1 Å². The lowest BCUT2D eigenvalue weighted by molar-refractivity contribution is -0.146. The summed E-state index contributed by atoms with van der Waals surface area (Å²) in [7, 11) is 0. The molecule has 3 aromatic rings. The number of Topliss-reactive ketones (excluding diaryl/α,β-unsaturated/α-hetero) is 1. The maximum Gasteiger partial charge on any atom is 0.306 e. The molecule has 2 heterocycles. The van der Waals surface area contributed by atoms with Gasteiger partial charge in [0.15, 0.2) is 6.61 Å². The quantitative estimate of drug-likeness (QED) is 0.388. The highest BCUT2D eigenvalue weighted by atomic mass is 16.5. The number of esters is 1. The van der Waals surface area contributed by atoms with E-state index < -0.39 is 5.97 Å². The Kier molecular flexibility index (Phi) is 7.19. The molecule has 33 heavy (non-hydrogen) atoms. The number of carbonyl (C=O) groups is 3. The number of nitrogens with zero attached hydrogens (tertiary/aromatic N) is 2. The van der Waals surface area contributed by atoms with Crippen molar-refractivity contribution in [3.63, 3.8) is 0 Å². The van der Waals surface area contributed by atoms with Crippen LogP contribution in [0.2, 0.25) is 0 Å². The van der Waals surface area contributed by atoms with E-state index in [1.807, 2.05) is 61.5 Å². The Balaban J connectivity index is 1.49. The molecule has 0 N–H and O–H groups in total. The highest BCUT2D eigenvalue weighted by Gasteiger charge is 2.24. The Labute approximate surface area is 192 Å². The standard InChI is InChI=1S/C26H28N2O5/c1-2-28-21-11-7-6-10-20(21)25(26(28)19-8-4-3-5-9-19)22(29)18-33-24(31)13-12-23(30)27-14-16-32-17-15-27/h3-11H,2,12-18H2,1H3. The third-order valence-corrected chi connectivity index (χ3v) is 5.88. The van der Waals surface area contributed by atoms with Crippen LogP contribution in [0.25, 0.3) is 22.2 Å². The maximum atomic E-state index is 13.3. The van der Waals surface area contributed by atoms with Gasteiger partial charge < -0.3 is 18.9 Å². The molecule has 0 saturated carbocycles. The third kappa shape index (κ3) is 4.98. The molecular weight excluding hydrogens is 420 g/mol. The van der Waals surface area contributed by atoms with Gasteiger partial charge in [-0.2, -0.15) is 0 Å². The zero-order valence-electron chi connectivity index (χ0n) is 18.8. The number of rotatable bonds is 8. The lowest BCUT2D eigenvalue weighted by atomic mass is 10.0. The Hall–Kier alpha value is -3.45. The molecular formula is C26H28N2O5. The van der Waals surface area contributed by atoms with Gasteiger partial charge in [0.1, 0.15) is 0 Å². The van der Waals surface area contributed by atoms with Gasteiger partial charge in [0, 0.05) is 37.0 Å². The molecule has 1 amide bonds. The molecule has 7 nitrogen and oxygen atoms in total. The fourth-order valence-corrected chi connectivity index (χ4v) is 4.28. The fraction of sp³-hybridized carbons (Fsp3) is 0.346. The molecule has 4 rings (SSSR count). The Bertz CT molecular complexity index is 1150. The molecule has 1 aromatic heterocycles. The van der Waals surface area contributed by atoms with Crippen LogP contribution in [0.4, 0.5) is 0 Å². The van der Waals surface area contributed by atoms with E-state index >= 15 is 0 Å². The molecule has 0 bridgehead atoms. The number of para-hydroxylation sites is 1. The first-order valence-corrected chi connectivity index (χ1v) is 11.3. The molecule has 0 aliphatic carbocycles. The van der Waals surface area contributed by atoms with E-state index in [0.717, 1.165) is 22.2 Å². The average Bonchev–Trinajstić information content (AvgIpc) is 3.21. The molecule has 172 valence electrons. The van der Waals surface area contributed by atoms with Crippen molar-refractivity contribution >= 4 is 28.6 Å². The lowest BCUT2D eigenvalue weighted by Gasteiger charge is -2.26. The van der Waals surface area contributed by atoms with Crippen molar-refractivity contribution in [1.82, 2.24) is 9.47 Å². The second kappa shape index (κ2) is 10.4. The van der Waals surface area contributed by atoms with Crippen molar-refractivity contribution in [2.45, 2.75) is 26.3 Å². The average molecular weight is 449 g/mol. The number of aryl methyl sites for hydroxylation is 1. The number of aromatic nitrogens is 1. The number of carbonyl (C=O) groups excluding carboxylic acids is 3. The summed E-state index contributed by atoms with van der Waals surface area (Å²) in [6.45, 7) is 4.48. The van der Waals surface area contributed by atoms with Gasteiger partial charge in [-0.3, -0.25) is 14.4 Å². The van der Waals surface area contributed by atoms with Crippen molar-refractivity contribution < 1.29 is 23.9 Å². The van der Waals surface area contributed by atoms with Crippen molar-refractivity contribution in [3.8, 4) is 11.3 Å². The molecule has 7 heteroatoms. The van der Waals surface area contributed by atoms with E-state index in [1.165, 1.54) is 0 Å². The second-order valence-electron chi connectivity index (χ2n) is 7.93. The number of morpholine rings is 1. The summed E-state index contributed by atoms with van der Waals surface area (Å²) in [5, 5.41) is 0.835. The summed E-state index contributed by atoms with van der Waals surface area (Å²) in [5.41, 5.74) is 3.27. The summed E-state index contributed by atoms with van der Waals surface area (Å²) in [5.74, 6) is -0.908. The summed E-state index contributed by atoms with van der Waals surface area (Å²) in [4.78, 5) is 39.5. The zero-order chi connectivity index (χ0) is 23.2. The second-order valence-corrected chi connectivity index (χ2v) is 7.93. The predicted octanol–water partition coefficient (Wildman–Crippen LogP) is 3.69. The molecule has 1 fully saturated rings. The van der Waals surface area contributed by atoms with Gasteiger partial charge >= 0.3 is 5.97 Å². The van der Waals surface area contributed by atoms with Gasteiger partial charge in [0.25, 0.3) is 0 Å². The van der Waals surface area contributed by atoms with Crippen molar-refractivity contribution in [2.75, 3.05) is 32.9 Å². The van der Waals surface area contributed by atoms with Gasteiger partial charge in [0.2, 0.25) is 11.7 Å². The first kappa shape index (κ1) is 22.7. The Morgan fingerprint density at radius 2 is 1.64 bits per heavy atom. The Morgan fingerprint density at radius 1 is 0.939 bits per heavy atom. The van der Waals surface area contributed by atoms with Crippen LogP contribution in [0.3, 0.4) is 0 Å². The molecule has 0 spiro atoms. The van der Waals surface area contributed by atoms with Crippen molar-refractivity contribution in [3.05, 3.63) is 60.2 Å². The number of amides is 1. The number of hydrogen-bond acceptors (Lipinski definition) is 5. The van der Waals surface area contributed by atoms with Crippen LogP contribution in [0, 0.1) is 0 Å². The molecule has 0 radical (unpaired) electrons. The van der Waals surface area contributed by atoms with Gasteiger partial charge in [-0.15, -0.1) is 0 Å².